The van der Waals surface area contributed by atoms with Crippen LogP contribution >= 0.6 is 0 Å². The van der Waals surface area contributed by atoms with Crippen LogP contribution in [0.15, 0.2) is 54.6 Å². The second-order valence-corrected chi connectivity index (χ2v) is 8.54. The zero-order valence-corrected chi connectivity index (χ0v) is 20.4. The van der Waals surface area contributed by atoms with Crippen molar-refractivity contribution >= 4 is 29.6 Å². The van der Waals surface area contributed by atoms with Crippen molar-refractivity contribution in [3.63, 3.8) is 0 Å². The summed E-state index contributed by atoms with van der Waals surface area (Å²) in [7, 11) is 0. The molecule has 0 aliphatic heterocycles. The van der Waals surface area contributed by atoms with Gasteiger partial charge in [-0.25, -0.2) is 4.79 Å². The Morgan fingerprint density at radius 2 is 1.26 bits per heavy atom. The summed E-state index contributed by atoms with van der Waals surface area (Å²) in [6, 6.07) is 8.92. The lowest BCUT2D eigenvalue weighted by molar-refractivity contribution is -0.142. The van der Waals surface area contributed by atoms with E-state index in [-0.39, 0.29) is 18.6 Å². The Morgan fingerprint density at radius 3 is 1.82 bits per heavy atom. The van der Waals surface area contributed by atoms with Gasteiger partial charge in [-0.1, -0.05) is 42.5 Å². The number of aromatic hydroxyl groups is 1. The first-order valence-electron chi connectivity index (χ1n) is 11.6. The number of carbonyl (C=O) groups is 5. The van der Waals surface area contributed by atoms with Crippen molar-refractivity contribution in [3.8, 4) is 5.75 Å². The Kier molecular flexibility index (Phi) is 11.2. The molecule has 4 amide bonds. The maximum atomic E-state index is 12.8. The van der Waals surface area contributed by atoms with E-state index in [0.717, 1.165) is 5.56 Å². The van der Waals surface area contributed by atoms with Gasteiger partial charge in [0, 0.05) is 6.42 Å². The summed E-state index contributed by atoms with van der Waals surface area (Å²) in [4.78, 5) is 61.3. The lowest BCUT2D eigenvalue weighted by atomic mass is 10.0. The number of aliphatic hydroxyl groups excluding tert-OH is 1. The number of aliphatic hydroxyl groups is 1. The van der Waals surface area contributed by atoms with Gasteiger partial charge in [0.25, 0.3) is 0 Å². The lowest BCUT2D eigenvalue weighted by Crippen LogP contribution is -2.59. The fourth-order valence-corrected chi connectivity index (χ4v) is 3.46. The second-order valence-electron chi connectivity index (χ2n) is 8.54. The van der Waals surface area contributed by atoms with Crippen molar-refractivity contribution in [2.24, 2.45) is 11.5 Å². The second kappa shape index (κ2) is 14.3. The number of nitrogens with two attached hydrogens (primary N) is 2. The van der Waals surface area contributed by atoms with Gasteiger partial charge >= 0.3 is 5.97 Å². The summed E-state index contributed by atoms with van der Waals surface area (Å²) >= 11 is 0. The van der Waals surface area contributed by atoms with Gasteiger partial charge in [0.1, 0.15) is 23.9 Å². The first kappa shape index (κ1) is 29.7. The topological polar surface area (TPSA) is 234 Å². The molecule has 0 fully saturated rings. The fraction of sp³-hybridized carbons (Fsp3) is 0.320. The van der Waals surface area contributed by atoms with E-state index in [9.17, 15) is 39.3 Å². The van der Waals surface area contributed by atoms with Crippen molar-refractivity contribution in [3.05, 3.63) is 65.7 Å². The monoisotopic (exact) mass is 529 g/mol. The minimum atomic E-state index is -1.59. The number of hydrogen-bond acceptors (Lipinski definition) is 8. The van der Waals surface area contributed by atoms with Crippen LogP contribution in [-0.2, 0) is 36.8 Å². The van der Waals surface area contributed by atoms with Crippen LogP contribution in [-0.4, -0.2) is 75.7 Å². The third kappa shape index (κ3) is 9.52. The van der Waals surface area contributed by atoms with Crippen molar-refractivity contribution < 1.29 is 39.3 Å². The molecule has 0 radical (unpaired) electrons. The molecule has 10 N–H and O–H groups in total. The molecule has 0 unspecified atom stereocenters. The molecule has 204 valence electrons. The number of amides is 4. The maximum Gasteiger partial charge on any atom is 0.326 e. The molecule has 13 nitrogen and oxygen atoms in total. The SMILES string of the molecule is NC(=O)C[C@H](NC(=O)[C@H](CO)NC(=O)[C@@H](N)Cc1ccccc1)C(=O)N[C@@H](Cc1ccc(O)cc1)C(=O)O. The quantitative estimate of drug-likeness (QED) is 0.134. The Labute approximate surface area is 218 Å². The Hall–Kier alpha value is -4.49. The molecule has 0 spiro atoms. The first-order chi connectivity index (χ1) is 18.0. The van der Waals surface area contributed by atoms with Crippen molar-refractivity contribution in [1.82, 2.24) is 16.0 Å². The molecule has 0 heterocycles. The summed E-state index contributed by atoms with van der Waals surface area (Å²) in [5.74, 6) is -5.15. The third-order valence-electron chi connectivity index (χ3n) is 5.48. The number of carboxylic acid groups (broad SMARTS) is 1. The number of carboxylic acids is 1. The van der Waals surface area contributed by atoms with E-state index in [0.29, 0.717) is 5.56 Å². The molecule has 2 aromatic rings. The molecule has 0 aliphatic rings. The van der Waals surface area contributed by atoms with E-state index in [1.54, 1.807) is 30.3 Å². The molecule has 0 aromatic heterocycles. The molecule has 4 atom stereocenters. The van der Waals surface area contributed by atoms with Crippen LogP contribution in [0, 0.1) is 0 Å². The van der Waals surface area contributed by atoms with E-state index in [4.69, 9.17) is 11.5 Å². The van der Waals surface area contributed by atoms with Crippen LogP contribution in [0.5, 0.6) is 5.75 Å². The van der Waals surface area contributed by atoms with Crippen LogP contribution in [0.4, 0.5) is 0 Å². The third-order valence-corrected chi connectivity index (χ3v) is 5.48. The largest absolute Gasteiger partial charge is 0.508 e. The highest BCUT2D eigenvalue weighted by Gasteiger charge is 2.31. The number of phenolic OH excluding ortho intramolecular Hbond substituents is 1. The van der Waals surface area contributed by atoms with E-state index in [2.05, 4.69) is 16.0 Å². The minimum absolute atomic E-state index is 0.0274. The number of benzene rings is 2. The molecule has 0 bridgehead atoms. The molecule has 0 aliphatic carbocycles. The number of carbonyl (C=O) groups excluding carboxylic acids is 4. The molecular formula is C25H31N5O8. The van der Waals surface area contributed by atoms with Crippen LogP contribution in [0.3, 0.4) is 0 Å². The average Bonchev–Trinajstić information content (AvgIpc) is 2.87. The van der Waals surface area contributed by atoms with Crippen molar-refractivity contribution in [2.75, 3.05) is 6.61 Å². The molecular weight excluding hydrogens is 498 g/mol. The number of aliphatic carboxylic acids is 1. The van der Waals surface area contributed by atoms with Gasteiger partial charge in [0.15, 0.2) is 0 Å². The highest BCUT2D eigenvalue weighted by Crippen LogP contribution is 2.12. The van der Waals surface area contributed by atoms with Crippen molar-refractivity contribution in [1.29, 1.82) is 0 Å². The zero-order valence-electron chi connectivity index (χ0n) is 20.4. The molecule has 2 rings (SSSR count). The van der Waals surface area contributed by atoms with E-state index in [1.165, 1.54) is 24.3 Å². The number of hydrogen-bond donors (Lipinski definition) is 8. The standard InChI is InChI=1S/C25H31N5O8/c26-17(10-14-4-2-1-3-5-14)22(34)30-20(13-31)24(36)28-18(12-21(27)33)23(35)29-19(25(37)38)11-15-6-8-16(32)9-7-15/h1-9,17-20,31-32H,10-13,26H2,(H2,27,33)(H,28,36)(H,29,35)(H,30,34)(H,37,38)/t17-,18-,19-,20-/m0/s1. The summed E-state index contributed by atoms with van der Waals surface area (Å²) in [6.45, 7) is -0.848. The maximum absolute atomic E-state index is 12.8. The van der Waals surface area contributed by atoms with Crippen LogP contribution in [0.1, 0.15) is 17.5 Å². The van der Waals surface area contributed by atoms with Gasteiger partial charge in [-0.3, -0.25) is 19.2 Å². The van der Waals surface area contributed by atoms with Crippen molar-refractivity contribution in [2.45, 2.75) is 43.4 Å². The Balaban J connectivity index is 2.05. The zero-order chi connectivity index (χ0) is 28.2. The van der Waals surface area contributed by atoms with E-state index < -0.39 is 66.8 Å². The highest BCUT2D eigenvalue weighted by molar-refractivity contribution is 5.96. The number of phenols is 1. The highest BCUT2D eigenvalue weighted by atomic mass is 16.4. The normalized spacial score (nSPS) is 13.8. The molecule has 0 saturated heterocycles. The van der Waals surface area contributed by atoms with Crippen LogP contribution in [0.25, 0.3) is 0 Å². The van der Waals surface area contributed by atoms with Gasteiger partial charge in [0.05, 0.1) is 19.1 Å². The summed E-state index contributed by atoms with van der Waals surface area (Å²) in [5, 5.41) is 35.3. The molecule has 2 aromatic carbocycles. The predicted octanol–water partition coefficient (Wildman–Crippen LogP) is -2.09. The van der Waals surface area contributed by atoms with Crippen LogP contribution < -0.4 is 27.4 Å². The number of primary amides is 1. The predicted molar refractivity (Wildman–Crippen MR) is 134 cm³/mol. The first-order valence-corrected chi connectivity index (χ1v) is 11.6. The lowest BCUT2D eigenvalue weighted by Gasteiger charge is -2.24. The summed E-state index contributed by atoms with van der Waals surface area (Å²) in [5.41, 5.74) is 12.4. The molecule has 0 saturated carbocycles. The summed E-state index contributed by atoms with van der Waals surface area (Å²) in [6.07, 6.45) is -0.674. The van der Waals surface area contributed by atoms with Crippen LogP contribution in [0.2, 0.25) is 0 Å². The smallest absolute Gasteiger partial charge is 0.326 e. The van der Waals surface area contributed by atoms with Gasteiger partial charge in [-0.2, -0.15) is 0 Å². The minimum Gasteiger partial charge on any atom is -0.508 e. The van der Waals surface area contributed by atoms with Gasteiger partial charge < -0.3 is 42.7 Å². The molecule has 13 heteroatoms. The van der Waals surface area contributed by atoms with E-state index >= 15 is 0 Å². The fourth-order valence-electron chi connectivity index (χ4n) is 3.46. The average molecular weight is 530 g/mol. The number of rotatable bonds is 14. The van der Waals surface area contributed by atoms with Gasteiger partial charge in [-0.05, 0) is 29.7 Å². The van der Waals surface area contributed by atoms with Gasteiger partial charge in [-0.15, -0.1) is 0 Å². The van der Waals surface area contributed by atoms with E-state index in [1.807, 2.05) is 0 Å². The van der Waals surface area contributed by atoms with Gasteiger partial charge in [0.2, 0.25) is 23.6 Å². The molecule has 38 heavy (non-hydrogen) atoms. The Bertz CT molecular complexity index is 1130. The summed E-state index contributed by atoms with van der Waals surface area (Å²) < 4.78 is 0. The number of nitrogens with one attached hydrogen (secondary N) is 3. The Morgan fingerprint density at radius 1 is 0.737 bits per heavy atom.